The molecule has 3 N–H and O–H groups in total. The van der Waals surface area contributed by atoms with Crippen LogP contribution in [-0.4, -0.2) is 45.8 Å². The second-order valence-corrected chi connectivity index (χ2v) is 3.02. The summed E-state index contributed by atoms with van der Waals surface area (Å²) in [7, 11) is 0. The van der Waals surface area contributed by atoms with Crippen molar-refractivity contribution in [2.75, 3.05) is 0 Å². The summed E-state index contributed by atoms with van der Waals surface area (Å²) in [5.74, 6) is 0. The maximum Gasteiger partial charge on any atom is 0.111 e. The van der Waals surface area contributed by atoms with E-state index in [1.54, 1.807) is 13.8 Å². The molecule has 0 saturated carbocycles. The highest BCUT2D eigenvalue weighted by atomic mass is 16.5. The summed E-state index contributed by atoms with van der Waals surface area (Å²) in [5.41, 5.74) is 0. The highest BCUT2D eigenvalue weighted by Gasteiger charge is 2.39. The molecular formula is C7H14O4. The molecule has 0 aliphatic carbocycles. The molecule has 11 heavy (non-hydrogen) atoms. The minimum absolute atomic E-state index is 0.414. The lowest BCUT2D eigenvalue weighted by Gasteiger charge is -2.37. The summed E-state index contributed by atoms with van der Waals surface area (Å²) in [6, 6.07) is 0. The van der Waals surface area contributed by atoms with E-state index in [4.69, 9.17) is 4.74 Å². The van der Waals surface area contributed by atoms with Crippen molar-refractivity contribution in [1.29, 1.82) is 0 Å². The second-order valence-electron chi connectivity index (χ2n) is 3.02. The molecule has 0 aromatic rings. The third-order valence-electron chi connectivity index (χ3n) is 2.09. The average Bonchev–Trinajstić information content (AvgIpc) is 1.97. The number of aliphatic hydroxyl groups excluding tert-OH is 3. The Balaban J connectivity index is 2.63. The lowest BCUT2D eigenvalue weighted by Crippen LogP contribution is -2.55. The molecule has 4 heteroatoms. The standard InChI is InChI=1S/C7H14O4/c1-3-5(8)7(10)6(9)4(2)11-3/h3-10H,1-2H3/t3-,4-,5-,6?,7?/m0/s1. The van der Waals surface area contributed by atoms with Crippen LogP contribution in [0.5, 0.6) is 0 Å². The first-order valence-electron chi connectivity index (χ1n) is 3.73. The van der Waals surface area contributed by atoms with Gasteiger partial charge in [-0.2, -0.15) is 0 Å². The maximum absolute atomic E-state index is 9.21. The fourth-order valence-corrected chi connectivity index (χ4v) is 1.26. The first-order valence-corrected chi connectivity index (χ1v) is 3.73. The lowest BCUT2D eigenvalue weighted by atomic mass is 9.97. The van der Waals surface area contributed by atoms with Crippen LogP contribution in [0, 0.1) is 0 Å². The summed E-state index contributed by atoms with van der Waals surface area (Å²) >= 11 is 0. The van der Waals surface area contributed by atoms with Crippen LogP contribution in [0.1, 0.15) is 13.8 Å². The van der Waals surface area contributed by atoms with Crippen LogP contribution in [0.25, 0.3) is 0 Å². The van der Waals surface area contributed by atoms with Gasteiger partial charge in [0.25, 0.3) is 0 Å². The highest BCUT2D eigenvalue weighted by Crippen LogP contribution is 2.19. The number of hydrogen-bond donors (Lipinski definition) is 3. The topological polar surface area (TPSA) is 69.9 Å². The van der Waals surface area contributed by atoms with E-state index in [-0.39, 0.29) is 0 Å². The Hall–Kier alpha value is -0.160. The van der Waals surface area contributed by atoms with Gasteiger partial charge < -0.3 is 20.1 Å². The van der Waals surface area contributed by atoms with Gasteiger partial charge in [0.2, 0.25) is 0 Å². The van der Waals surface area contributed by atoms with E-state index in [2.05, 4.69) is 0 Å². The fourth-order valence-electron chi connectivity index (χ4n) is 1.26. The van der Waals surface area contributed by atoms with Crippen molar-refractivity contribution in [2.45, 2.75) is 44.4 Å². The van der Waals surface area contributed by atoms with Gasteiger partial charge in [-0.25, -0.2) is 0 Å². The van der Waals surface area contributed by atoms with Crippen LogP contribution < -0.4 is 0 Å². The fraction of sp³-hybridized carbons (Fsp3) is 1.00. The molecule has 66 valence electrons. The van der Waals surface area contributed by atoms with Crippen molar-refractivity contribution >= 4 is 0 Å². The van der Waals surface area contributed by atoms with Crippen LogP contribution >= 0.6 is 0 Å². The SMILES string of the molecule is C[C@@H]1O[C@@H](C)[C@H](O)C(O)C1O. The first kappa shape index (κ1) is 8.93. The highest BCUT2D eigenvalue weighted by molar-refractivity contribution is 4.88. The second kappa shape index (κ2) is 3.06. The van der Waals surface area contributed by atoms with Gasteiger partial charge in [-0.15, -0.1) is 0 Å². The zero-order chi connectivity index (χ0) is 8.59. The van der Waals surface area contributed by atoms with Crippen molar-refractivity contribution in [1.82, 2.24) is 0 Å². The molecular weight excluding hydrogens is 148 g/mol. The van der Waals surface area contributed by atoms with Crippen molar-refractivity contribution in [2.24, 2.45) is 0 Å². The number of aliphatic hydroxyl groups is 3. The number of rotatable bonds is 0. The third-order valence-corrected chi connectivity index (χ3v) is 2.09. The zero-order valence-electron chi connectivity index (χ0n) is 6.64. The third kappa shape index (κ3) is 1.54. The molecule has 0 amide bonds. The predicted octanol–water partition coefficient (Wildman–Crippen LogP) is -1.12. The van der Waals surface area contributed by atoms with E-state index in [0.717, 1.165) is 0 Å². The summed E-state index contributed by atoms with van der Waals surface area (Å²) in [6.45, 7) is 3.33. The van der Waals surface area contributed by atoms with Crippen molar-refractivity contribution < 1.29 is 20.1 Å². The molecule has 1 aliphatic rings. The largest absolute Gasteiger partial charge is 0.388 e. The monoisotopic (exact) mass is 162 g/mol. The Morgan fingerprint density at radius 2 is 1.18 bits per heavy atom. The first-order chi connectivity index (χ1) is 5.04. The molecule has 0 radical (unpaired) electrons. The molecule has 4 nitrogen and oxygen atoms in total. The van der Waals surface area contributed by atoms with E-state index in [0.29, 0.717) is 0 Å². The van der Waals surface area contributed by atoms with E-state index < -0.39 is 30.5 Å². The van der Waals surface area contributed by atoms with E-state index in [1.165, 1.54) is 0 Å². The summed E-state index contributed by atoms with van der Waals surface area (Å²) in [5, 5.41) is 27.6. The Morgan fingerprint density at radius 1 is 0.818 bits per heavy atom. The Bertz CT molecular complexity index is 124. The van der Waals surface area contributed by atoms with E-state index in [9.17, 15) is 15.3 Å². The van der Waals surface area contributed by atoms with Crippen molar-refractivity contribution in [3.63, 3.8) is 0 Å². The molecule has 0 bridgehead atoms. The number of hydrogen-bond acceptors (Lipinski definition) is 4. The van der Waals surface area contributed by atoms with Gasteiger partial charge in [-0.05, 0) is 13.8 Å². The smallest absolute Gasteiger partial charge is 0.111 e. The van der Waals surface area contributed by atoms with Gasteiger partial charge in [0.1, 0.15) is 18.3 Å². The van der Waals surface area contributed by atoms with E-state index >= 15 is 0 Å². The minimum Gasteiger partial charge on any atom is -0.388 e. The summed E-state index contributed by atoms with van der Waals surface area (Å²) in [6.07, 6.45) is -3.89. The van der Waals surface area contributed by atoms with Crippen LogP contribution in [0.4, 0.5) is 0 Å². The van der Waals surface area contributed by atoms with Crippen LogP contribution in [-0.2, 0) is 4.74 Å². The predicted molar refractivity (Wildman–Crippen MR) is 38.0 cm³/mol. The lowest BCUT2D eigenvalue weighted by molar-refractivity contribution is -0.211. The van der Waals surface area contributed by atoms with E-state index in [1.807, 2.05) is 0 Å². The average molecular weight is 162 g/mol. The Morgan fingerprint density at radius 3 is 1.55 bits per heavy atom. The van der Waals surface area contributed by atoms with Crippen molar-refractivity contribution in [3.05, 3.63) is 0 Å². The summed E-state index contributed by atoms with van der Waals surface area (Å²) in [4.78, 5) is 0. The van der Waals surface area contributed by atoms with Crippen LogP contribution in [0.2, 0.25) is 0 Å². The zero-order valence-corrected chi connectivity index (χ0v) is 6.64. The molecule has 1 rings (SSSR count). The Labute approximate surface area is 65.4 Å². The molecule has 1 fully saturated rings. The molecule has 5 atom stereocenters. The quantitative estimate of drug-likeness (QED) is 0.422. The molecule has 0 aromatic carbocycles. The van der Waals surface area contributed by atoms with Gasteiger partial charge in [-0.3, -0.25) is 0 Å². The molecule has 1 aliphatic heterocycles. The van der Waals surface area contributed by atoms with Gasteiger partial charge in [-0.1, -0.05) is 0 Å². The summed E-state index contributed by atoms with van der Waals surface area (Å²) < 4.78 is 5.12. The molecule has 2 unspecified atom stereocenters. The molecule has 1 saturated heterocycles. The van der Waals surface area contributed by atoms with Crippen LogP contribution in [0.15, 0.2) is 0 Å². The van der Waals surface area contributed by atoms with Gasteiger partial charge in [0.05, 0.1) is 12.2 Å². The minimum atomic E-state index is -1.09. The van der Waals surface area contributed by atoms with Gasteiger partial charge >= 0.3 is 0 Å². The number of ether oxygens (including phenoxy) is 1. The molecule has 1 heterocycles. The Kier molecular flexibility index (Phi) is 2.49. The van der Waals surface area contributed by atoms with Gasteiger partial charge in [0, 0.05) is 0 Å². The molecule has 0 spiro atoms. The maximum atomic E-state index is 9.21. The van der Waals surface area contributed by atoms with Gasteiger partial charge in [0.15, 0.2) is 0 Å². The normalized spacial score (nSPS) is 52.6. The van der Waals surface area contributed by atoms with Crippen molar-refractivity contribution in [3.8, 4) is 0 Å². The van der Waals surface area contributed by atoms with Crippen LogP contribution in [0.3, 0.4) is 0 Å². The molecule has 0 aromatic heterocycles.